The lowest BCUT2D eigenvalue weighted by molar-refractivity contribution is 0.104. The van der Waals surface area contributed by atoms with Gasteiger partial charge in [-0.05, 0) is 48.0 Å². The van der Waals surface area contributed by atoms with Crippen molar-refractivity contribution in [2.75, 3.05) is 25.2 Å². The predicted octanol–water partition coefficient (Wildman–Crippen LogP) is 2.47. The van der Waals surface area contributed by atoms with Gasteiger partial charge in [0, 0.05) is 16.6 Å². The Morgan fingerprint density at radius 2 is 1.77 bits per heavy atom. The first-order valence-corrected chi connectivity index (χ1v) is 10.0. The smallest absolute Gasteiger partial charge is 0.229 e. The number of ether oxygens (including phenoxy) is 2. The van der Waals surface area contributed by atoms with E-state index in [0.717, 1.165) is 17.1 Å². The van der Waals surface area contributed by atoms with Crippen LogP contribution in [0.4, 0.5) is 5.69 Å². The van der Waals surface area contributed by atoms with Crippen LogP contribution in [0.2, 0.25) is 0 Å². The molecule has 8 heteroatoms. The van der Waals surface area contributed by atoms with Crippen LogP contribution in [0.15, 0.2) is 42.5 Å². The van der Waals surface area contributed by atoms with E-state index in [-0.39, 0.29) is 5.78 Å². The number of hydrogen-bond acceptors (Lipinski definition) is 5. The first-order valence-electron chi connectivity index (χ1n) is 7.55. The number of sulfonamides is 1. The third kappa shape index (κ3) is 5.31. The van der Waals surface area contributed by atoms with Gasteiger partial charge in [0.05, 0.1) is 20.5 Å². The minimum Gasteiger partial charge on any atom is -0.493 e. The van der Waals surface area contributed by atoms with E-state index in [1.54, 1.807) is 50.6 Å². The van der Waals surface area contributed by atoms with Gasteiger partial charge >= 0.3 is 0 Å². The molecule has 6 nitrogen and oxygen atoms in total. The molecule has 2 aromatic carbocycles. The molecule has 2 aromatic rings. The zero-order valence-electron chi connectivity index (χ0n) is 14.6. The first-order chi connectivity index (χ1) is 12.2. The molecule has 1 N–H and O–H groups in total. The van der Waals surface area contributed by atoms with Crippen molar-refractivity contribution in [3.8, 4) is 11.5 Å². The van der Waals surface area contributed by atoms with Gasteiger partial charge in [0.15, 0.2) is 17.3 Å². The summed E-state index contributed by atoms with van der Waals surface area (Å²) in [6.45, 7) is 0. The Morgan fingerprint density at radius 1 is 1.12 bits per heavy atom. The van der Waals surface area contributed by atoms with Crippen molar-refractivity contribution in [1.29, 1.82) is 0 Å². The van der Waals surface area contributed by atoms with Crippen LogP contribution in [0.5, 0.6) is 11.5 Å². The van der Waals surface area contributed by atoms with E-state index in [9.17, 15) is 13.2 Å². The van der Waals surface area contributed by atoms with Crippen molar-refractivity contribution in [2.45, 2.75) is 0 Å². The minimum absolute atomic E-state index is 0.198. The van der Waals surface area contributed by atoms with Gasteiger partial charge in [0.1, 0.15) is 0 Å². The van der Waals surface area contributed by atoms with Crippen LogP contribution >= 0.6 is 9.24 Å². The fourth-order valence-electron chi connectivity index (χ4n) is 2.30. The average Bonchev–Trinajstić information content (AvgIpc) is 2.58. The number of ketones is 1. The van der Waals surface area contributed by atoms with Crippen molar-refractivity contribution in [3.63, 3.8) is 0 Å². The van der Waals surface area contributed by atoms with E-state index in [2.05, 4.69) is 14.0 Å². The van der Waals surface area contributed by atoms with Crippen LogP contribution in [0.1, 0.15) is 15.9 Å². The lowest BCUT2D eigenvalue weighted by atomic mass is 10.1. The van der Waals surface area contributed by atoms with Crippen molar-refractivity contribution in [1.82, 2.24) is 0 Å². The number of carbonyl (C=O) groups is 1. The number of carbonyl (C=O) groups excluding carboxylic acids is 1. The number of allylic oxidation sites excluding steroid dienone is 1. The van der Waals surface area contributed by atoms with Crippen LogP contribution in [0.3, 0.4) is 0 Å². The molecule has 0 saturated carbocycles. The molecule has 0 fully saturated rings. The maximum absolute atomic E-state index is 12.3. The molecular weight excluding hydrogens is 373 g/mol. The summed E-state index contributed by atoms with van der Waals surface area (Å²) in [5, 5.41) is 0.815. The Labute approximate surface area is 155 Å². The van der Waals surface area contributed by atoms with E-state index >= 15 is 0 Å². The highest BCUT2D eigenvalue weighted by Gasteiger charge is 2.09. The lowest BCUT2D eigenvalue weighted by Gasteiger charge is -2.11. The van der Waals surface area contributed by atoms with Crippen molar-refractivity contribution in [3.05, 3.63) is 53.6 Å². The molecule has 1 atom stereocenters. The normalized spacial score (nSPS) is 11.4. The molecule has 26 heavy (non-hydrogen) atoms. The third-order valence-corrected chi connectivity index (χ3v) is 4.47. The van der Waals surface area contributed by atoms with Crippen molar-refractivity contribution < 1.29 is 22.7 Å². The van der Waals surface area contributed by atoms with Gasteiger partial charge in [0.2, 0.25) is 10.0 Å². The number of nitrogens with one attached hydrogen (secondary N) is 1. The summed E-state index contributed by atoms with van der Waals surface area (Å²) in [6.07, 6.45) is 4.20. The molecule has 0 spiro atoms. The molecule has 2 rings (SSSR count). The Bertz CT molecular complexity index is 937. The fraction of sp³-hybridized carbons (Fsp3) is 0.167. The Hall–Kier alpha value is -2.37. The van der Waals surface area contributed by atoms with Crippen LogP contribution in [0, 0.1) is 0 Å². The maximum Gasteiger partial charge on any atom is 0.229 e. The molecule has 0 bridgehead atoms. The van der Waals surface area contributed by atoms with E-state index in [0.29, 0.717) is 22.7 Å². The molecule has 0 amide bonds. The minimum atomic E-state index is -3.35. The summed E-state index contributed by atoms with van der Waals surface area (Å²) in [6, 6.07) is 9.84. The average molecular weight is 393 g/mol. The largest absolute Gasteiger partial charge is 0.493 e. The standard InChI is InChI=1S/C18H20NO5PS/c1-23-16-10-12(11-17(25)18(16)24-2)4-9-15(20)13-5-7-14(8-6-13)19-26(3,21)22/h4-11,19H,25H2,1-3H3/b9-4+. The predicted molar refractivity (Wildman–Crippen MR) is 107 cm³/mol. The molecule has 0 radical (unpaired) electrons. The summed E-state index contributed by atoms with van der Waals surface area (Å²) >= 11 is 0. The summed E-state index contributed by atoms with van der Waals surface area (Å²) in [5.41, 5.74) is 1.64. The van der Waals surface area contributed by atoms with Gasteiger partial charge in [-0.2, -0.15) is 0 Å². The molecule has 0 aliphatic heterocycles. The highest BCUT2D eigenvalue weighted by Crippen LogP contribution is 2.28. The quantitative estimate of drug-likeness (QED) is 0.444. The summed E-state index contributed by atoms with van der Waals surface area (Å²) < 4.78 is 35.3. The monoisotopic (exact) mass is 393 g/mol. The maximum atomic E-state index is 12.3. The zero-order valence-corrected chi connectivity index (χ0v) is 16.6. The van der Waals surface area contributed by atoms with Crippen LogP contribution in [-0.4, -0.2) is 34.7 Å². The second kappa shape index (κ2) is 8.34. The van der Waals surface area contributed by atoms with Crippen LogP contribution in [-0.2, 0) is 10.0 Å². The van der Waals surface area contributed by atoms with Gasteiger partial charge in [-0.1, -0.05) is 6.08 Å². The second-order valence-corrected chi connectivity index (χ2v) is 7.87. The number of methoxy groups -OCH3 is 2. The number of benzene rings is 2. The molecule has 138 valence electrons. The SMILES string of the molecule is COc1cc(/C=C/C(=O)c2ccc(NS(C)(=O)=O)cc2)cc(P)c1OC. The summed E-state index contributed by atoms with van der Waals surface area (Å²) in [7, 11) is 2.33. The molecule has 0 saturated heterocycles. The lowest BCUT2D eigenvalue weighted by Crippen LogP contribution is -2.09. The highest BCUT2D eigenvalue weighted by atomic mass is 32.2. The van der Waals surface area contributed by atoms with Crippen molar-refractivity contribution >= 4 is 42.1 Å². The van der Waals surface area contributed by atoms with E-state index in [4.69, 9.17) is 9.47 Å². The van der Waals surface area contributed by atoms with Crippen molar-refractivity contribution in [2.24, 2.45) is 0 Å². The summed E-state index contributed by atoms with van der Waals surface area (Å²) in [4.78, 5) is 12.3. The number of hydrogen-bond donors (Lipinski definition) is 1. The topological polar surface area (TPSA) is 81.7 Å². The second-order valence-electron chi connectivity index (χ2n) is 5.49. The summed E-state index contributed by atoms with van der Waals surface area (Å²) in [5.74, 6) is 0.995. The van der Waals surface area contributed by atoms with Gasteiger partial charge in [-0.15, -0.1) is 9.24 Å². The van der Waals surface area contributed by atoms with Gasteiger partial charge in [-0.25, -0.2) is 8.42 Å². The molecular formula is C18H20NO5PS. The Balaban J connectivity index is 2.18. The molecule has 0 aromatic heterocycles. The first kappa shape index (κ1) is 19.9. The van der Waals surface area contributed by atoms with Gasteiger partial charge in [-0.3, -0.25) is 9.52 Å². The molecule has 0 aliphatic rings. The van der Waals surface area contributed by atoms with E-state index in [1.807, 2.05) is 6.07 Å². The van der Waals surface area contributed by atoms with E-state index < -0.39 is 10.0 Å². The Morgan fingerprint density at radius 3 is 2.31 bits per heavy atom. The van der Waals surface area contributed by atoms with Crippen LogP contribution < -0.4 is 19.5 Å². The molecule has 0 aliphatic carbocycles. The zero-order chi connectivity index (χ0) is 19.3. The highest BCUT2D eigenvalue weighted by molar-refractivity contribution is 7.92. The molecule has 0 heterocycles. The van der Waals surface area contributed by atoms with Gasteiger partial charge < -0.3 is 9.47 Å². The Kier molecular flexibility index (Phi) is 6.40. The van der Waals surface area contributed by atoms with Gasteiger partial charge in [0.25, 0.3) is 0 Å². The number of anilines is 1. The van der Waals surface area contributed by atoms with E-state index in [1.165, 1.54) is 6.08 Å². The fourth-order valence-corrected chi connectivity index (χ4v) is 3.31. The molecule has 1 unspecified atom stereocenters. The number of rotatable bonds is 7. The van der Waals surface area contributed by atoms with Crippen LogP contribution in [0.25, 0.3) is 6.08 Å². The third-order valence-electron chi connectivity index (χ3n) is 3.43.